The quantitative estimate of drug-likeness (QED) is 0.436. The molecule has 0 saturated heterocycles. The lowest BCUT2D eigenvalue weighted by Gasteiger charge is -2.45. The molecule has 0 heterocycles. The van der Waals surface area contributed by atoms with Gasteiger partial charge in [-0.05, 0) is 39.8 Å². The monoisotopic (exact) mass is 421 g/mol. The molecule has 29 heavy (non-hydrogen) atoms. The van der Waals surface area contributed by atoms with Gasteiger partial charge in [0.05, 0.1) is 0 Å². The van der Waals surface area contributed by atoms with Crippen molar-refractivity contribution in [1.82, 2.24) is 0 Å². The van der Waals surface area contributed by atoms with Crippen molar-refractivity contribution < 1.29 is 0 Å². The van der Waals surface area contributed by atoms with Gasteiger partial charge in [-0.3, -0.25) is 0 Å². The topological polar surface area (TPSA) is 0 Å². The summed E-state index contributed by atoms with van der Waals surface area (Å²) in [4.78, 5) is 0. The standard InChI is InChI=1S/C27H35P2/c1-21(24-19-14-20-25(24)29(26(2,3)4)27(5,6)7)28(22-15-10-8-11-16-22)23-17-12-9-13-18-23/h8-21H,1-7H3/t21-/m1/s1. The van der Waals surface area contributed by atoms with Gasteiger partial charge in [0, 0.05) is 5.92 Å². The van der Waals surface area contributed by atoms with Crippen molar-refractivity contribution in [2.24, 2.45) is 0 Å². The Bertz CT molecular complexity index is 797. The highest BCUT2D eigenvalue weighted by Gasteiger charge is 2.42. The van der Waals surface area contributed by atoms with Gasteiger partial charge in [-0.2, -0.15) is 0 Å². The Labute approximate surface area is 181 Å². The predicted octanol–water partition coefficient (Wildman–Crippen LogP) is 7.61. The van der Waals surface area contributed by atoms with E-state index in [4.69, 9.17) is 0 Å². The van der Waals surface area contributed by atoms with Crippen LogP contribution in [-0.4, -0.2) is 16.0 Å². The molecule has 1 radical (unpaired) electrons. The van der Waals surface area contributed by atoms with Gasteiger partial charge in [0.15, 0.2) is 0 Å². The van der Waals surface area contributed by atoms with E-state index in [2.05, 4.69) is 127 Å². The first-order chi connectivity index (χ1) is 13.6. The third-order valence-corrected chi connectivity index (χ3v) is 11.6. The normalized spacial score (nSPS) is 16.5. The molecular weight excluding hydrogens is 386 g/mol. The maximum atomic E-state index is 2.45. The molecule has 0 unspecified atom stereocenters. The van der Waals surface area contributed by atoms with Crippen LogP contribution in [0.2, 0.25) is 0 Å². The predicted molar refractivity (Wildman–Crippen MR) is 135 cm³/mol. The highest BCUT2D eigenvalue weighted by molar-refractivity contribution is 7.74. The number of hydrogen-bond acceptors (Lipinski definition) is 0. The van der Waals surface area contributed by atoms with Crippen LogP contribution in [0.4, 0.5) is 0 Å². The number of rotatable bonds is 5. The van der Waals surface area contributed by atoms with Crippen LogP contribution in [-0.2, 0) is 0 Å². The smallest absolute Gasteiger partial charge is 0.0349 e. The Kier molecular flexibility index (Phi) is 6.88. The third-order valence-electron chi connectivity index (χ3n) is 5.31. The SMILES string of the molecule is C[C@H]([C]1C=CC=C1P(C(C)(C)C)C(C)(C)C)P(c1ccccc1)c1ccccc1. The minimum atomic E-state index is -0.465. The average Bonchev–Trinajstić information content (AvgIpc) is 3.10. The van der Waals surface area contributed by atoms with Crippen molar-refractivity contribution in [3.63, 3.8) is 0 Å². The third kappa shape index (κ3) is 5.10. The highest BCUT2D eigenvalue weighted by Crippen LogP contribution is 2.69. The number of benzene rings is 2. The van der Waals surface area contributed by atoms with E-state index in [0.717, 1.165) is 0 Å². The molecule has 0 saturated carbocycles. The zero-order valence-corrected chi connectivity index (χ0v) is 20.8. The van der Waals surface area contributed by atoms with E-state index in [9.17, 15) is 0 Å². The Balaban J connectivity index is 2.03. The molecule has 1 atom stereocenters. The fourth-order valence-electron chi connectivity index (χ4n) is 4.62. The van der Waals surface area contributed by atoms with E-state index in [1.165, 1.54) is 10.6 Å². The Morgan fingerprint density at radius 1 is 0.690 bits per heavy atom. The second-order valence-electron chi connectivity index (χ2n) is 9.76. The largest absolute Gasteiger partial charge is 0.0720 e. The van der Waals surface area contributed by atoms with Crippen molar-refractivity contribution in [2.75, 3.05) is 0 Å². The first-order valence-electron chi connectivity index (χ1n) is 10.6. The van der Waals surface area contributed by atoms with Crippen molar-refractivity contribution in [2.45, 2.75) is 64.4 Å². The van der Waals surface area contributed by atoms with Crippen LogP contribution in [0.15, 0.2) is 84.2 Å². The molecule has 0 aliphatic heterocycles. The zero-order chi connectivity index (χ0) is 21.2. The molecule has 0 bridgehead atoms. The maximum Gasteiger partial charge on any atom is 0.0349 e. The lowest BCUT2D eigenvalue weighted by Crippen LogP contribution is -2.30. The molecule has 2 heteroatoms. The lowest BCUT2D eigenvalue weighted by atomic mass is 10.1. The summed E-state index contributed by atoms with van der Waals surface area (Å²) in [5.74, 6) is 1.56. The Morgan fingerprint density at radius 3 is 1.55 bits per heavy atom. The fourth-order valence-corrected chi connectivity index (χ4v) is 11.6. The Hall–Kier alpha value is -1.22. The van der Waals surface area contributed by atoms with Gasteiger partial charge in [0.2, 0.25) is 0 Å². The van der Waals surface area contributed by atoms with Gasteiger partial charge in [-0.25, -0.2) is 0 Å². The van der Waals surface area contributed by atoms with Crippen LogP contribution in [0.25, 0.3) is 0 Å². The summed E-state index contributed by atoms with van der Waals surface area (Å²) < 4.78 is 0. The van der Waals surface area contributed by atoms with Gasteiger partial charge in [-0.15, -0.1) is 0 Å². The Morgan fingerprint density at radius 2 is 1.14 bits per heavy atom. The van der Waals surface area contributed by atoms with E-state index in [1.54, 1.807) is 11.2 Å². The first kappa shape index (κ1) is 22.5. The van der Waals surface area contributed by atoms with Crippen LogP contribution in [0.1, 0.15) is 48.5 Å². The molecule has 0 N–H and O–H groups in total. The van der Waals surface area contributed by atoms with Crippen LogP contribution in [0.3, 0.4) is 0 Å². The molecule has 0 nitrogen and oxygen atoms in total. The van der Waals surface area contributed by atoms with Crippen molar-refractivity contribution in [3.05, 3.63) is 90.1 Å². The molecule has 0 aromatic heterocycles. The van der Waals surface area contributed by atoms with Gasteiger partial charge in [0.1, 0.15) is 0 Å². The van der Waals surface area contributed by atoms with Crippen LogP contribution < -0.4 is 10.6 Å². The second-order valence-corrected chi connectivity index (χ2v) is 16.1. The minimum Gasteiger partial charge on any atom is -0.0720 e. The summed E-state index contributed by atoms with van der Waals surface area (Å²) in [6.07, 6.45) is 7.10. The van der Waals surface area contributed by atoms with E-state index in [0.29, 0.717) is 5.66 Å². The summed E-state index contributed by atoms with van der Waals surface area (Å²) in [7, 11) is -0.771. The van der Waals surface area contributed by atoms with E-state index < -0.39 is 7.92 Å². The van der Waals surface area contributed by atoms with Crippen molar-refractivity contribution >= 4 is 26.5 Å². The molecule has 2 aromatic rings. The van der Waals surface area contributed by atoms with Gasteiger partial charge in [-0.1, -0.05) is 135 Å². The fraction of sp³-hybridized carbons (Fsp3) is 0.370. The molecule has 3 rings (SSSR count). The van der Waals surface area contributed by atoms with E-state index in [1.807, 2.05) is 0 Å². The molecule has 0 spiro atoms. The molecule has 0 fully saturated rings. The molecule has 1 aliphatic rings. The molecule has 153 valence electrons. The summed E-state index contributed by atoms with van der Waals surface area (Å²) >= 11 is 0. The van der Waals surface area contributed by atoms with Crippen LogP contribution in [0, 0.1) is 5.92 Å². The van der Waals surface area contributed by atoms with Gasteiger partial charge < -0.3 is 0 Å². The zero-order valence-electron chi connectivity index (χ0n) is 19.0. The van der Waals surface area contributed by atoms with Crippen LogP contribution in [0.5, 0.6) is 0 Å². The second kappa shape index (κ2) is 8.88. The molecule has 2 aromatic carbocycles. The van der Waals surface area contributed by atoms with Gasteiger partial charge in [0.25, 0.3) is 0 Å². The number of allylic oxidation sites excluding steroid dienone is 4. The highest BCUT2D eigenvalue weighted by atomic mass is 31.1. The molecule has 0 amide bonds. The summed E-state index contributed by atoms with van der Waals surface area (Å²) in [5, 5.41) is 5.08. The summed E-state index contributed by atoms with van der Waals surface area (Å²) in [6.45, 7) is 17.0. The first-order valence-corrected chi connectivity index (χ1v) is 13.3. The summed E-state index contributed by atoms with van der Waals surface area (Å²) in [6, 6.07) is 22.2. The summed E-state index contributed by atoms with van der Waals surface area (Å²) in [5.41, 5.74) is 0.481. The van der Waals surface area contributed by atoms with Gasteiger partial charge >= 0.3 is 0 Å². The maximum absolute atomic E-state index is 2.45. The van der Waals surface area contributed by atoms with Crippen molar-refractivity contribution in [1.29, 1.82) is 0 Å². The minimum absolute atomic E-state index is 0.276. The number of hydrogen-bond donors (Lipinski definition) is 0. The van der Waals surface area contributed by atoms with Crippen LogP contribution >= 0.6 is 15.8 Å². The van der Waals surface area contributed by atoms with E-state index in [-0.39, 0.29) is 18.2 Å². The lowest BCUT2D eigenvalue weighted by molar-refractivity contribution is 0.710. The van der Waals surface area contributed by atoms with E-state index >= 15 is 0 Å². The molecular formula is C27H35P2. The molecule has 1 aliphatic carbocycles. The average molecular weight is 422 g/mol. The van der Waals surface area contributed by atoms with Crippen molar-refractivity contribution in [3.8, 4) is 0 Å².